The zero-order valence-corrected chi connectivity index (χ0v) is 17.2. The summed E-state index contributed by atoms with van der Waals surface area (Å²) in [6, 6.07) is 4.92. The minimum Gasteiger partial charge on any atom is -0.481 e. The lowest BCUT2D eigenvalue weighted by Gasteiger charge is -2.06. The summed E-state index contributed by atoms with van der Waals surface area (Å²) >= 11 is 0. The molecule has 2 rings (SSSR count). The molecule has 2 aromatic heterocycles. The SMILES string of the molecule is CC.CC.COc1ccc(C)c(C)n1.Cc1cnc(C(F)(F)F)cc1C. The molecule has 0 fully saturated rings. The summed E-state index contributed by atoms with van der Waals surface area (Å²) in [6.07, 6.45) is -3.10. The van der Waals surface area contributed by atoms with Gasteiger partial charge in [-0.15, -0.1) is 0 Å². The van der Waals surface area contributed by atoms with Gasteiger partial charge in [0.25, 0.3) is 0 Å². The Kier molecular flexibility index (Phi) is 13.2. The van der Waals surface area contributed by atoms with Crippen LogP contribution >= 0.6 is 0 Å². The number of rotatable bonds is 1. The molecule has 0 N–H and O–H groups in total. The van der Waals surface area contributed by atoms with Crippen LogP contribution in [0.4, 0.5) is 13.2 Å². The highest BCUT2D eigenvalue weighted by Gasteiger charge is 2.32. The summed E-state index contributed by atoms with van der Waals surface area (Å²) in [5, 5.41) is 0. The van der Waals surface area contributed by atoms with Gasteiger partial charge in [-0.25, -0.2) is 4.98 Å². The van der Waals surface area contributed by atoms with Crippen molar-refractivity contribution in [2.75, 3.05) is 7.11 Å². The van der Waals surface area contributed by atoms with E-state index in [4.69, 9.17) is 4.74 Å². The van der Waals surface area contributed by atoms with Crippen molar-refractivity contribution < 1.29 is 17.9 Å². The van der Waals surface area contributed by atoms with Crippen LogP contribution in [0.3, 0.4) is 0 Å². The molecule has 3 nitrogen and oxygen atoms in total. The second-order valence-corrected chi connectivity index (χ2v) is 4.91. The fraction of sp³-hybridized carbons (Fsp3) is 0.500. The summed E-state index contributed by atoms with van der Waals surface area (Å²) in [4.78, 5) is 7.45. The third-order valence-electron chi connectivity index (χ3n) is 3.20. The molecule has 0 aliphatic heterocycles. The van der Waals surface area contributed by atoms with E-state index in [1.807, 2.05) is 53.7 Å². The standard InChI is InChI=1S/C8H8F3N.C8H11NO.2C2H6/c1-5-3-7(8(9,10)11)12-4-6(5)2;1-6-4-5-8(10-3)9-7(6)2;2*1-2/h3-4H,1-2H3;4-5H,1-3H3;2*1-2H3. The molecule has 0 atom stereocenters. The maximum absolute atomic E-state index is 12.0. The van der Waals surface area contributed by atoms with Crippen molar-refractivity contribution in [3.63, 3.8) is 0 Å². The number of pyridine rings is 2. The van der Waals surface area contributed by atoms with E-state index in [1.165, 1.54) is 11.8 Å². The number of nitrogens with zero attached hydrogens (tertiary/aromatic N) is 2. The van der Waals surface area contributed by atoms with Crippen molar-refractivity contribution in [3.8, 4) is 5.88 Å². The van der Waals surface area contributed by atoms with Gasteiger partial charge in [0.05, 0.1) is 7.11 Å². The van der Waals surface area contributed by atoms with Crippen LogP contribution in [0.25, 0.3) is 0 Å². The summed E-state index contributed by atoms with van der Waals surface area (Å²) < 4.78 is 41.1. The van der Waals surface area contributed by atoms with E-state index in [0.29, 0.717) is 11.4 Å². The molecule has 0 bridgehead atoms. The number of ether oxygens (including phenoxy) is 1. The van der Waals surface area contributed by atoms with Crippen LogP contribution in [0.1, 0.15) is 55.8 Å². The fourth-order valence-corrected chi connectivity index (χ4v) is 1.50. The minimum atomic E-state index is -4.33. The molecule has 0 amide bonds. The first-order valence-corrected chi connectivity index (χ1v) is 8.64. The van der Waals surface area contributed by atoms with Crippen molar-refractivity contribution in [1.82, 2.24) is 9.97 Å². The van der Waals surface area contributed by atoms with E-state index in [-0.39, 0.29) is 0 Å². The topological polar surface area (TPSA) is 35.0 Å². The average Bonchev–Trinajstić information content (AvgIpc) is 2.63. The summed E-state index contributed by atoms with van der Waals surface area (Å²) in [5.41, 5.74) is 2.77. The largest absolute Gasteiger partial charge is 0.481 e. The first-order valence-electron chi connectivity index (χ1n) is 8.64. The fourth-order valence-electron chi connectivity index (χ4n) is 1.50. The Morgan fingerprint density at radius 1 is 0.846 bits per heavy atom. The summed E-state index contributed by atoms with van der Waals surface area (Å²) in [6.45, 7) is 15.4. The highest BCUT2D eigenvalue weighted by atomic mass is 19.4. The second-order valence-electron chi connectivity index (χ2n) is 4.91. The Hall–Kier alpha value is -2.11. The third-order valence-corrected chi connectivity index (χ3v) is 3.20. The highest BCUT2D eigenvalue weighted by molar-refractivity contribution is 5.25. The quantitative estimate of drug-likeness (QED) is 0.575. The van der Waals surface area contributed by atoms with Crippen LogP contribution in [-0.4, -0.2) is 17.1 Å². The average molecular weight is 372 g/mol. The van der Waals surface area contributed by atoms with E-state index in [1.54, 1.807) is 21.0 Å². The lowest BCUT2D eigenvalue weighted by Crippen LogP contribution is -2.08. The smallest absolute Gasteiger partial charge is 0.433 e. The lowest BCUT2D eigenvalue weighted by molar-refractivity contribution is -0.141. The molecular weight excluding hydrogens is 341 g/mol. The first kappa shape index (κ1) is 26.1. The maximum atomic E-state index is 12.0. The molecule has 0 aromatic carbocycles. The molecule has 2 heterocycles. The van der Waals surface area contributed by atoms with E-state index < -0.39 is 11.9 Å². The van der Waals surface area contributed by atoms with Gasteiger partial charge in [0, 0.05) is 18.0 Å². The van der Waals surface area contributed by atoms with Crippen molar-refractivity contribution in [1.29, 1.82) is 0 Å². The Balaban J connectivity index is 0. The van der Waals surface area contributed by atoms with Crippen molar-refractivity contribution >= 4 is 0 Å². The first-order chi connectivity index (χ1) is 12.1. The Morgan fingerprint density at radius 2 is 1.38 bits per heavy atom. The Labute approximate surface area is 155 Å². The molecule has 0 spiro atoms. The summed E-state index contributed by atoms with van der Waals surface area (Å²) in [7, 11) is 1.62. The molecule has 0 saturated carbocycles. The number of aryl methyl sites for hydroxylation is 4. The van der Waals surface area contributed by atoms with Crippen LogP contribution in [0.2, 0.25) is 0 Å². The number of halogens is 3. The van der Waals surface area contributed by atoms with Gasteiger partial charge in [-0.2, -0.15) is 13.2 Å². The van der Waals surface area contributed by atoms with Gasteiger partial charge in [-0.05, 0) is 50.5 Å². The predicted octanol–water partition coefficient (Wildman–Crippen LogP) is 6.48. The Bertz CT molecular complexity index is 641. The predicted molar refractivity (Wildman–Crippen MR) is 102 cm³/mol. The van der Waals surface area contributed by atoms with Gasteiger partial charge in [-0.1, -0.05) is 33.8 Å². The molecule has 0 unspecified atom stereocenters. The van der Waals surface area contributed by atoms with E-state index in [2.05, 4.69) is 9.97 Å². The minimum absolute atomic E-state index is 0.609. The normalized spacial score (nSPS) is 9.54. The number of aromatic nitrogens is 2. The van der Waals surface area contributed by atoms with Gasteiger partial charge in [-0.3, -0.25) is 4.98 Å². The van der Waals surface area contributed by atoms with E-state index in [0.717, 1.165) is 17.3 Å². The van der Waals surface area contributed by atoms with Crippen molar-refractivity contribution in [2.24, 2.45) is 0 Å². The molecule has 6 heteroatoms. The van der Waals surface area contributed by atoms with Crippen molar-refractivity contribution in [2.45, 2.75) is 61.6 Å². The van der Waals surface area contributed by atoms with Gasteiger partial charge in [0.15, 0.2) is 0 Å². The monoisotopic (exact) mass is 372 g/mol. The molecule has 0 radical (unpaired) electrons. The molecule has 148 valence electrons. The van der Waals surface area contributed by atoms with Crippen LogP contribution in [0.15, 0.2) is 24.4 Å². The molecule has 2 aromatic rings. The molecular formula is C20H31F3N2O. The maximum Gasteiger partial charge on any atom is 0.433 e. The molecule has 26 heavy (non-hydrogen) atoms. The van der Waals surface area contributed by atoms with Crippen LogP contribution in [-0.2, 0) is 6.18 Å². The highest BCUT2D eigenvalue weighted by Crippen LogP contribution is 2.28. The lowest BCUT2D eigenvalue weighted by atomic mass is 10.1. The molecule has 0 saturated heterocycles. The zero-order chi connectivity index (χ0) is 20.9. The summed E-state index contributed by atoms with van der Waals surface area (Å²) in [5.74, 6) is 0.683. The van der Waals surface area contributed by atoms with Gasteiger partial charge >= 0.3 is 6.18 Å². The number of methoxy groups -OCH3 is 1. The molecule has 0 aliphatic rings. The number of hydrogen-bond acceptors (Lipinski definition) is 3. The van der Waals surface area contributed by atoms with Crippen molar-refractivity contribution in [3.05, 3.63) is 52.5 Å². The van der Waals surface area contributed by atoms with Crippen LogP contribution in [0.5, 0.6) is 5.88 Å². The van der Waals surface area contributed by atoms with Gasteiger partial charge in [0.1, 0.15) is 5.69 Å². The van der Waals surface area contributed by atoms with Gasteiger partial charge < -0.3 is 4.74 Å². The second kappa shape index (κ2) is 13.1. The third kappa shape index (κ3) is 9.39. The van der Waals surface area contributed by atoms with Gasteiger partial charge in [0.2, 0.25) is 5.88 Å². The zero-order valence-electron chi connectivity index (χ0n) is 17.2. The van der Waals surface area contributed by atoms with Crippen LogP contribution in [0, 0.1) is 27.7 Å². The molecule has 0 aliphatic carbocycles. The number of hydrogen-bond donors (Lipinski definition) is 0. The Morgan fingerprint density at radius 3 is 1.77 bits per heavy atom. The van der Waals surface area contributed by atoms with E-state index in [9.17, 15) is 13.2 Å². The van der Waals surface area contributed by atoms with E-state index >= 15 is 0 Å². The van der Waals surface area contributed by atoms with Crippen LogP contribution < -0.4 is 4.74 Å². The number of alkyl halides is 3.